The molecular formula is C23H24N4O4. The summed E-state index contributed by atoms with van der Waals surface area (Å²) >= 11 is 0. The number of hydrogen-bond acceptors (Lipinski definition) is 6. The van der Waals surface area contributed by atoms with E-state index in [4.69, 9.17) is 9.47 Å². The molecule has 2 aromatic carbocycles. The highest BCUT2D eigenvalue weighted by atomic mass is 16.7. The first-order valence-electron chi connectivity index (χ1n) is 10.4. The summed E-state index contributed by atoms with van der Waals surface area (Å²) in [5, 5.41) is 4.67. The second kappa shape index (κ2) is 7.96. The molecule has 0 radical (unpaired) electrons. The first-order valence-corrected chi connectivity index (χ1v) is 10.4. The van der Waals surface area contributed by atoms with E-state index in [0.29, 0.717) is 6.42 Å². The van der Waals surface area contributed by atoms with E-state index in [1.807, 2.05) is 53.7 Å². The molecule has 5 rings (SSSR count). The number of carbonyl (C=O) groups is 2. The third kappa shape index (κ3) is 3.82. The SMILES string of the molecule is CCc1ccc(NC(=O)CN2C=CN3NC(c4ccc5c(c4)OCO5)CC3C2=O)cc1. The lowest BCUT2D eigenvalue weighted by Gasteiger charge is -2.31. The Morgan fingerprint density at radius 2 is 1.94 bits per heavy atom. The van der Waals surface area contributed by atoms with Crippen molar-refractivity contribution >= 4 is 17.5 Å². The molecule has 1 saturated heterocycles. The average molecular weight is 420 g/mol. The van der Waals surface area contributed by atoms with Crippen LogP contribution in [0.3, 0.4) is 0 Å². The van der Waals surface area contributed by atoms with Crippen LogP contribution >= 0.6 is 0 Å². The van der Waals surface area contributed by atoms with Crippen molar-refractivity contribution in [1.29, 1.82) is 0 Å². The summed E-state index contributed by atoms with van der Waals surface area (Å²) in [5.41, 5.74) is 6.32. The van der Waals surface area contributed by atoms with Crippen molar-refractivity contribution < 1.29 is 19.1 Å². The summed E-state index contributed by atoms with van der Waals surface area (Å²) < 4.78 is 10.8. The Labute approximate surface area is 180 Å². The number of aryl methyl sites for hydroxylation is 1. The van der Waals surface area contributed by atoms with Gasteiger partial charge in [0.1, 0.15) is 12.6 Å². The summed E-state index contributed by atoms with van der Waals surface area (Å²) in [6.45, 7) is 2.29. The molecule has 2 aromatic rings. The van der Waals surface area contributed by atoms with E-state index in [2.05, 4.69) is 17.7 Å². The number of fused-ring (bicyclic) bond motifs is 2. The van der Waals surface area contributed by atoms with Crippen LogP contribution in [0.4, 0.5) is 5.69 Å². The van der Waals surface area contributed by atoms with Crippen molar-refractivity contribution in [3.05, 3.63) is 66.0 Å². The van der Waals surface area contributed by atoms with Crippen LogP contribution in [0.5, 0.6) is 11.5 Å². The number of ether oxygens (including phenoxy) is 2. The molecule has 3 heterocycles. The van der Waals surface area contributed by atoms with Crippen molar-refractivity contribution in [2.75, 3.05) is 18.7 Å². The molecule has 8 heteroatoms. The van der Waals surface area contributed by atoms with Gasteiger partial charge in [-0.2, -0.15) is 0 Å². The van der Waals surface area contributed by atoms with Gasteiger partial charge in [-0.1, -0.05) is 25.1 Å². The van der Waals surface area contributed by atoms with Gasteiger partial charge in [-0.05, 0) is 48.2 Å². The minimum absolute atomic E-state index is 0.0239. The quantitative estimate of drug-likeness (QED) is 0.774. The van der Waals surface area contributed by atoms with Crippen molar-refractivity contribution in [3.8, 4) is 11.5 Å². The molecule has 0 spiro atoms. The van der Waals surface area contributed by atoms with E-state index < -0.39 is 0 Å². The Morgan fingerprint density at radius 3 is 2.74 bits per heavy atom. The second-order valence-corrected chi connectivity index (χ2v) is 7.82. The number of nitrogens with one attached hydrogen (secondary N) is 2. The topological polar surface area (TPSA) is 83.1 Å². The number of hydrazine groups is 1. The van der Waals surface area contributed by atoms with Gasteiger partial charge in [-0.3, -0.25) is 9.59 Å². The highest BCUT2D eigenvalue weighted by Crippen LogP contribution is 2.37. The molecule has 0 bridgehead atoms. The third-order valence-corrected chi connectivity index (χ3v) is 5.83. The van der Waals surface area contributed by atoms with Gasteiger partial charge in [0.05, 0.1) is 6.04 Å². The van der Waals surface area contributed by atoms with E-state index in [1.54, 1.807) is 6.20 Å². The molecule has 0 aliphatic carbocycles. The molecule has 8 nitrogen and oxygen atoms in total. The van der Waals surface area contributed by atoms with E-state index in [9.17, 15) is 9.59 Å². The number of carbonyl (C=O) groups excluding carboxylic acids is 2. The molecule has 0 aromatic heterocycles. The molecule has 2 N–H and O–H groups in total. The van der Waals surface area contributed by atoms with Crippen molar-refractivity contribution in [2.45, 2.75) is 31.8 Å². The maximum absolute atomic E-state index is 13.0. The fourth-order valence-electron chi connectivity index (χ4n) is 4.09. The smallest absolute Gasteiger partial charge is 0.251 e. The molecule has 2 amide bonds. The van der Waals surface area contributed by atoms with Gasteiger partial charge in [0, 0.05) is 18.1 Å². The Bertz CT molecular complexity index is 1040. The number of benzene rings is 2. The number of nitrogens with zero attached hydrogens (tertiary/aromatic N) is 2. The fourth-order valence-corrected chi connectivity index (χ4v) is 4.09. The molecule has 2 atom stereocenters. The Balaban J connectivity index is 1.22. The fraction of sp³-hybridized carbons (Fsp3) is 0.304. The molecule has 0 saturated carbocycles. The maximum Gasteiger partial charge on any atom is 0.251 e. The molecular weight excluding hydrogens is 396 g/mol. The monoisotopic (exact) mass is 420 g/mol. The molecule has 160 valence electrons. The van der Waals surface area contributed by atoms with Crippen LogP contribution in [0.1, 0.15) is 30.5 Å². The molecule has 3 aliphatic heterocycles. The largest absolute Gasteiger partial charge is 0.454 e. The van der Waals surface area contributed by atoms with Gasteiger partial charge >= 0.3 is 0 Å². The maximum atomic E-state index is 13.0. The summed E-state index contributed by atoms with van der Waals surface area (Å²) in [6.07, 6.45) is 5.00. The van der Waals surface area contributed by atoms with Crippen molar-refractivity contribution in [1.82, 2.24) is 15.3 Å². The zero-order valence-electron chi connectivity index (χ0n) is 17.2. The highest BCUT2D eigenvalue weighted by Gasteiger charge is 2.40. The third-order valence-electron chi connectivity index (χ3n) is 5.83. The van der Waals surface area contributed by atoms with Gasteiger partial charge in [-0.25, -0.2) is 5.43 Å². The molecule has 31 heavy (non-hydrogen) atoms. The standard InChI is InChI=1S/C23H24N4O4/c1-2-15-3-6-17(7-4-15)24-22(28)13-26-9-10-27-19(23(26)29)12-18(25-27)16-5-8-20-21(11-16)31-14-30-20/h3-11,18-19,25H,2,12-14H2,1H3,(H,24,28). The molecule has 1 fully saturated rings. The zero-order chi connectivity index (χ0) is 21.4. The number of rotatable bonds is 5. The normalized spacial score (nSPS) is 21.4. The lowest BCUT2D eigenvalue weighted by atomic mass is 10.0. The van der Waals surface area contributed by atoms with E-state index in [-0.39, 0.29) is 37.2 Å². The van der Waals surface area contributed by atoms with Crippen LogP contribution in [0.25, 0.3) is 0 Å². The van der Waals surface area contributed by atoms with Crippen LogP contribution in [0, 0.1) is 0 Å². The van der Waals surface area contributed by atoms with Crippen molar-refractivity contribution in [2.24, 2.45) is 0 Å². The number of anilines is 1. The highest BCUT2D eigenvalue weighted by molar-refractivity contribution is 5.96. The van der Waals surface area contributed by atoms with Gasteiger partial charge in [-0.15, -0.1) is 0 Å². The predicted molar refractivity (Wildman–Crippen MR) is 114 cm³/mol. The van der Waals surface area contributed by atoms with E-state index in [1.165, 1.54) is 10.5 Å². The molecule has 2 unspecified atom stereocenters. The van der Waals surface area contributed by atoms with Crippen LogP contribution < -0.4 is 20.2 Å². The zero-order valence-corrected chi connectivity index (χ0v) is 17.2. The van der Waals surface area contributed by atoms with Crippen LogP contribution in [0.15, 0.2) is 54.9 Å². The van der Waals surface area contributed by atoms with Crippen molar-refractivity contribution in [3.63, 3.8) is 0 Å². The summed E-state index contributed by atoms with van der Waals surface area (Å²) in [6, 6.07) is 13.1. The van der Waals surface area contributed by atoms with Gasteiger partial charge in [0.25, 0.3) is 5.91 Å². The summed E-state index contributed by atoms with van der Waals surface area (Å²) in [5.74, 6) is 1.12. The average Bonchev–Trinajstić information content (AvgIpc) is 3.43. The first-order chi connectivity index (χ1) is 15.1. The lowest BCUT2D eigenvalue weighted by Crippen LogP contribution is -2.49. The van der Waals surface area contributed by atoms with E-state index in [0.717, 1.165) is 29.2 Å². The van der Waals surface area contributed by atoms with Crippen LogP contribution in [0.2, 0.25) is 0 Å². The predicted octanol–water partition coefficient (Wildman–Crippen LogP) is 2.55. The number of hydrogen-bond donors (Lipinski definition) is 2. The van der Waals surface area contributed by atoms with Crippen LogP contribution in [-0.4, -0.2) is 41.1 Å². The van der Waals surface area contributed by atoms with E-state index >= 15 is 0 Å². The lowest BCUT2D eigenvalue weighted by molar-refractivity contribution is -0.137. The Morgan fingerprint density at radius 1 is 1.13 bits per heavy atom. The Kier molecular flexibility index (Phi) is 4.99. The molecule has 3 aliphatic rings. The van der Waals surface area contributed by atoms with Gasteiger partial charge in [0.2, 0.25) is 12.7 Å². The van der Waals surface area contributed by atoms with Crippen LogP contribution in [-0.2, 0) is 16.0 Å². The minimum Gasteiger partial charge on any atom is -0.454 e. The van der Waals surface area contributed by atoms with Gasteiger partial charge < -0.3 is 24.7 Å². The summed E-state index contributed by atoms with van der Waals surface area (Å²) in [7, 11) is 0. The second-order valence-electron chi connectivity index (χ2n) is 7.82. The summed E-state index contributed by atoms with van der Waals surface area (Å²) in [4.78, 5) is 27.0. The Hall–Kier alpha value is -3.52. The van der Waals surface area contributed by atoms with Gasteiger partial charge in [0.15, 0.2) is 11.5 Å². The first kappa shape index (κ1) is 19.4. The number of amides is 2. The minimum atomic E-state index is -0.364.